The Balaban J connectivity index is 2.27. The summed E-state index contributed by atoms with van der Waals surface area (Å²) in [6.45, 7) is 0.735. The van der Waals surface area contributed by atoms with Crippen LogP contribution in [0.15, 0.2) is 6.20 Å². The summed E-state index contributed by atoms with van der Waals surface area (Å²) in [7, 11) is 0. The number of aromatic nitrogens is 1. The number of thioether (sulfide) groups is 1. The Morgan fingerprint density at radius 1 is 1.64 bits per heavy atom. The molecule has 1 rings (SSSR count). The molecule has 0 saturated heterocycles. The number of nitrogens with two attached hydrogens (primary N) is 2. The summed E-state index contributed by atoms with van der Waals surface area (Å²) >= 11 is 3.35. The number of nitrogens with zero attached hydrogens (tertiary/aromatic N) is 1. The molecule has 0 amide bonds. The minimum absolute atomic E-state index is 0.647. The van der Waals surface area contributed by atoms with E-state index in [9.17, 15) is 0 Å². The fraction of sp³-hybridized carbons (Fsp3) is 0.500. The van der Waals surface area contributed by atoms with Gasteiger partial charge < -0.3 is 11.5 Å². The van der Waals surface area contributed by atoms with Crippen molar-refractivity contribution in [3.05, 3.63) is 11.1 Å². The molecule has 1 aromatic rings. The van der Waals surface area contributed by atoms with Crippen LogP contribution in [0.5, 0.6) is 0 Å². The average molecular weight is 189 g/mol. The molecule has 62 valence electrons. The minimum atomic E-state index is 0.647. The third-order valence-electron chi connectivity index (χ3n) is 1.08. The molecule has 0 aliphatic carbocycles. The maximum Gasteiger partial charge on any atom is 0.180 e. The summed E-state index contributed by atoms with van der Waals surface area (Å²) in [4.78, 5) is 5.17. The van der Waals surface area contributed by atoms with Gasteiger partial charge in [0.1, 0.15) is 0 Å². The number of hydrogen-bond acceptors (Lipinski definition) is 5. The first-order valence-electron chi connectivity index (χ1n) is 3.31. The van der Waals surface area contributed by atoms with E-state index in [2.05, 4.69) is 4.98 Å². The van der Waals surface area contributed by atoms with Gasteiger partial charge in [-0.1, -0.05) is 0 Å². The highest BCUT2D eigenvalue weighted by Gasteiger charge is 1.97. The van der Waals surface area contributed by atoms with Crippen LogP contribution in [-0.4, -0.2) is 17.3 Å². The molecular formula is C6H11N3S2. The van der Waals surface area contributed by atoms with Gasteiger partial charge in [0.15, 0.2) is 5.13 Å². The summed E-state index contributed by atoms with van der Waals surface area (Å²) in [6.07, 6.45) is 1.82. The van der Waals surface area contributed by atoms with Gasteiger partial charge in [0.25, 0.3) is 0 Å². The molecule has 5 heteroatoms. The van der Waals surface area contributed by atoms with Crippen LogP contribution in [0, 0.1) is 0 Å². The van der Waals surface area contributed by atoms with E-state index in [1.165, 1.54) is 4.88 Å². The van der Waals surface area contributed by atoms with E-state index in [4.69, 9.17) is 11.5 Å². The Morgan fingerprint density at radius 2 is 2.45 bits per heavy atom. The van der Waals surface area contributed by atoms with Crippen LogP contribution in [0.3, 0.4) is 0 Å². The van der Waals surface area contributed by atoms with Crippen LogP contribution in [0.4, 0.5) is 5.13 Å². The Labute approximate surface area is 74.2 Å². The third-order valence-corrected chi connectivity index (χ3v) is 3.13. The normalized spacial score (nSPS) is 10.3. The average Bonchev–Trinajstić information content (AvgIpc) is 2.37. The van der Waals surface area contributed by atoms with Crippen LogP contribution >= 0.6 is 23.1 Å². The van der Waals surface area contributed by atoms with E-state index in [1.54, 1.807) is 11.3 Å². The number of rotatable bonds is 4. The first-order valence-corrected chi connectivity index (χ1v) is 5.28. The van der Waals surface area contributed by atoms with Crippen LogP contribution in [-0.2, 0) is 5.75 Å². The zero-order valence-electron chi connectivity index (χ0n) is 6.12. The molecule has 3 nitrogen and oxygen atoms in total. The lowest BCUT2D eigenvalue weighted by atomic mass is 10.6. The van der Waals surface area contributed by atoms with E-state index in [0.717, 1.165) is 18.1 Å². The number of nitrogen functional groups attached to an aromatic ring is 1. The fourth-order valence-corrected chi connectivity index (χ4v) is 2.20. The van der Waals surface area contributed by atoms with Crippen molar-refractivity contribution >= 4 is 28.2 Å². The highest BCUT2D eigenvalue weighted by atomic mass is 32.2. The summed E-state index contributed by atoms with van der Waals surface area (Å²) in [5.74, 6) is 1.98. The van der Waals surface area contributed by atoms with Crippen molar-refractivity contribution in [2.45, 2.75) is 5.75 Å². The Bertz CT molecular complexity index is 211. The van der Waals surface area contributed by atoms with Gasteiger partial charge in [-0.15, -0.1) is 11.3 Å². The summed E-state index contributed by atoms with van der Waals surface area (Å²) in [5, 5.41) is 0.647. The van der Waals surface area contributed by atoms with Crippen molar-refractivity contribution in [1.29, 1.82) is 0 Å². The lowest BCUT2D eigenvalue weighted by Gasteiger charge is -1.93. The highest BCUT2D eigenvalue weighted by molar-refractivity contribution is 7.98. The number of hydrogen-bond donors (Lipinski definition) is 2. The minimum Gasteiger partial charge on any atom is -0.375 e. The molecule has 0 saturated carbocycles. The summed E-state index contributed by atoms with van der Waals surface area (Å²) < 4.78 is 0. The quantitative estimate of drug-likeness (QED) is 0.691. The van der Waals surface area contributed by atoms with Crippen LogP contribution in [0.25, 0.3) is 0 Å². The van der Waals surface area contributed by atoms with Gasteiger partial charge in [-0.2, -0.15) is 11.8 Å². The SMILES string of the molecule is NCCSCc1cnc(N)s1. The van der Waals surface area contributed by atoms with Crippen molar-refractivity contribution in [2.24, 2.45) is 5.73 Å². The maximum atomic E-state index is 5.46. The smallest absolute Gasteiger partial charge is 0.180 e. The number of anilines is 1. The second kappa shape index (κ2) is 4.58. The van der Waals surface area contributed by atoms with E-state index >= 15 is 0 Å². The number of thiazole rings is 1. The zero-order valence-corrected chi connectivity index (χ0v) is 7.75. The van der Waals surface area contributed by atoms with E-state index in [1.807, 2.05) is 18.0 Å². The molecular weight excluding hydrogens is 178 g/mol. The molecule has 1 heterocycles. The van der Waals surface area contributed by atoms with Crippen molar-refractivity contribution in [1.82, 2.24) is 4.98 Å². The molecule has 11 heavy (non-hydrogen) atoms. The van der Waals surface area contributed by atoms with E-state index < -0.39 is 0 Å². The Morgan fingerprint density at radius 3 is 3.00 bits per heavy atom. The van der Waals surface area contributed by atoms with Crippen molar-refractivity contribution in [3.63, 3.8) is 0 Å². The van der Waals surface area contributed by atoms with Crippen molar-refractivity contribution in [3.8, 4) is 0 Å². The summed E-state index contributed by atoms with van der Waals surface area (Å²) in [5.41, 5.74) is 10.8. The molecule has 0 fully saturated rings. The largest absolute Gasteiger partial charge is 0.375 e. The molecule has 0 bridgehead atoms. The molecule has 0 radical (unpaired) electrons. The lowest BCUT2D eigenvalue weighted by Crippen LogP contribution is -2.00. The van der Waals surface area contributed by atoms with Crippen molar-refractivity contribution < 1.29 is 0 Å². The zero-order chi connectivity index (χ0) is 8.10. The van der Waals surface area contributed by atoms with Gasteiger partial charge in [-0.05, 0) is 0 Å². The van der Waals surface area contributed by atoms with Crippen LogP contribution in [0.2, 0.25) is 0 Å². The highest BCUT2D eigenvalue weighted by Crippen LogP contribution is 2.19. The lowest BCUT2D eigenvalue weighted by molar-refractivity contribution is 1.15. The second-order valence-corrected chi connectivity index (χ2v) is 4.26. The first kappa shape index (κ1) is 8.83. The van der Waals surface area contributed by atoms with Crippen molar-refractivity contribution in [2.75, 3.05) is 18.0 Å². The Kier molecular flexibility index (Phi) is 3.68. The molecule has 1 aromatic heterocycles. The predicted molar refractivity (Wildman–Crippen MR) is 51.7 cm³/mol. The van der Waals surface area contributed by atoms with Crippen LogP contribution < -0.4 is 11.5 Å². The molecule has 0 unspecified atom stereocenters. The standard InChI is InChI=1S/C6H11N3S2/c7-1-2-10-4-5-3-9-6(8)11-5/h3H,1-2,4,7H2,(H2,8,9). The predicted octanol–water partition coefficient (Wildman–Crippen LogP) is 0.917. The first-order chi connectivity index (χ1) is 5.33. The molecule has 0 aliphatic rings. The topological polar surface area (TPSA) is 64.9 Å². The second-order valence-electron chi connectivity index (χ2n) is 2.01. The fourth-order valence-electron chi connectivity index (χ4n) is 0.645. The third kappa shape index (κ3) is 3.09. The molecule has 4 N–H and O–H groups in total. The monoisotopic (exact) mass is 189 g/mol. The van der Waals surface area contributed by atoms with Gasteiger partial charge in [0.05, 0.1) is 0 Å². The molecule has 0 aliphatic heterocycles. The van der Waals surface area contributed by atoms with E-state index in [0.29, 0.717) is 5.13 Å². The molecule has 0 spiro atoms. The van der Waals surface area contributed by atoms with Gasteiger partial charge in [-0.3, -0.25) is 0 Å². The van der Waals surface area contributed by atoms with Crippen LogP contribution in [0.1, 0.15) is 4.88 Å². The van der Waals surface area contributed by atoms with Gasteiger partial charge in [0.2, 0.25) is 0 Å². The molecule has 0 atom stereocenters. The van der Waals surface area contributed by atoms with Gasteiger partial charge in [0, 0.05) is 29.1 Å². The van der Waals surface area contributed by atoms with Gasteiger partial charge in [-0.25, -0.2) is 4.98 Å². The van der Waals surface area contributed by atoms with Gasteiger partial charge >= 0.3 is 0 Å². The Hall–Kier alpha value is -0.260. The molecule has 0 aromatic carbocycles. The maximum absolute atomic E-state index is 5.46. The summed E-state index contributed by atoms with van der Waals surface area (Å²) in [6, 6.07) is 0. The van der Waals surface area contributed by atoms with E-state index in [-0.39, 0.29) is 0 Å².